The zero-order valence-corrected chi connectivity index (χ0v) is 19.1. The van der Waals surface area contributed by atoms with E-state index >= 15 is 0 Å². The number of rotatable bonds is 6. The summed E-state index contributed by atoms with van der Waals surface area (Å²) < 4.78 is 15.9. The minimum Gasteiger partial charge on any atom is -0.341 e. The summed E-state index contributed by atoms with van der Waals surface area (Å²) in [7, 11) is 1.83. The van der Waals surface area contributed by atoms with Crippen LogP contribution in [-0.4, -0.2) is 57.3 Å². The van der Waals surface area contributed by atoms with Crippen LogP contribution in [0.4, 0.5) is 4.39 Å². The number of nitrogens with zero attached hydrogens (tertiary/aromatic N) is 4. The average molecular weight is 449 g/mol. The van der Waals surface area contributed by atoms with Gasteiger partial charge in [-0.05, 0) is 30.0 Å². The van der Waals surface area contributed by atoms with Crippen LogP contribution in [0.1, 0.15) is 29.4 Å². The van der Waals surface area contributed by atoms with E-state index in [-0.39, 0.29) is 23.5 Å². The van der Waals surface area contributed by atoms with Gasteiger partial charge in [-0.1, -0.05) is 49.4 Å². The lowest BCUT2D eigenvalue weighted by atomic mass is 9.95. The highest BCUT2D eigenvalue weighted by Crippen LogP contribution is 2.25. The Labute approximate surface area is 193 Å². The summed E-state index contributed by atoms with van der Waals surface area (Å²) in [5.74, 6) is -0.679. The summed E-state index contributed by atoms with van der Waals surface area (Å²) in [6, 6.07) is 14.3. The van der Waals surface area contributed by atoms with Crippen molar-refractivity contribution < 1.29 is 14.0 Å². The second-order valence-corrected chi connectivity index (χ2v) is 8.58. The van der Waals surface area contributed by atoms with Crippen LogP contribution in [0, 0.1) is 11.7 Å². The van der Waals surface area contributed by atoms with Gasteiger partial charge in [0.15, 0.2) is 0 Å². The summed E-state index contributed by atoms with van der Waals surface area (Å²) in [5.41, 5.74) is 2.72. The van der Waals surface area contributed by atoms with Gasteiger partial charge in [-0.15, -0.1) is 0 Å². The van der Waals surface area contributed by atoms with Crippen LogP contribution in [0.3, 0.4) is 0 Å². The van der Waals surface area contributed by atoms with E-state index in [4.69, 9.17) is 0 Å². The van der Waals surface area contributed by atoms with Gasteiger partial charge in [0, 0.05) is 45.0 Å². The van der Waals surface area contributed by atoms with Crippen LogP contribution < -0.4 is 0 Å². The molecule has 1 fully saturated rings. The zero-order chi connectivity index (χ0) is 23.4. The molecule has 1 aromatic heterocycles. The van der Waals surface area contributed by atoms with Gasteiger partial charge in [0.2, 0.25) is 5.91 Å². The van der Waals surface area contributed by atoms with Crippen molar-refractivity contribution in [2.75, 3.05) is 26.2 Å². The Bertz CT molecular complexity index is 1130. The van der Waals surface area contributed by atoms with E-state index in [1.807, 2.05) is 49.2 Å². The van der Waals surface area contributed by atoms with Crippen molar-refractivity contribution in [1.29, 1.82) is 0 Å². The lowest BCUT2D eigenvalue weighted by Gasteiger charge is -2.23. The maximum absolute atomic E-state index is 14.1. The molecule has 2 aromatic carbocycles. The van der Waals surface area contributed by atoms with E-state index < -0.39 is 0 Å². The third kappa shape index (κ3) is 5.13. The Balaban J connectivity index is 1.54. The maximum Gasteiger partial charge on any atom is 0.274 e. The average Bonchev–Trinajstić information content (AvgIpc) is 3.20. The minimum atomic E-state index is -0.342. The molecule has 1 saturated heterocycles. The van der Waals surface area contributed by atoms with Crippen LogP contribution in [0.15, 0.2) is 61.1 Å². The first kappa shape index (κ1) is 22.7. The molecule has 7 heteroatoms. The second kappa shape index (κ2) is 9.98. The van der Waals surface area contributed by atoms with Crippen molar-refractivity contribution >= 4 is 11.8 Å². The lowest BCUT2D eigenvalue weighted by Crippen LogP contribution is -2.38. The molecule has 1 aliphatic rings. The van der Waals surface area contributed by atoms with Crippen molar-refractivity contribution in [3.8, 4) is 11.1 Å². The fraction of sp³-hybridized carbons (Fsp3) is 0.346. The van der Waals surface area contributed by atoms with Crippen LogP contribution in [0.25, 0.3) is 11.1 Å². The molecule has 0 spiro atoms. The molecule has 0 aliphatic carbocycles. The van der Waals surface area contributed by atoms with Gasteiger partial charge < -0.3 is 14.4 Å². The van der Waals surface area contributed by atoms with E-state index in [1.165, 1.54) is 6.07 Å². The van der Waals surface area contributed by atoms with Crippen molar-refractivity contribution in [1.82, 2.24) is 19.4 Å². The Hall–Kier alpha value is -3.48. The number of carbonyl (C=O) groups is 2. The largest absolute Gasteiger partial charge is 0.341 e. The topological polar surface area (TPSA) is 58.4 Å². The third-order valence-corrected chi connectivity index (χ3v) is 6.07. The minimum absolute atomic E-state index is 0.0753. The number of aromatic nitrogens is 2. The number of hydrogen-bond donors (Lipinski definition) is 0. The van der Waals surface area contributed by atoms with Gasteiger partial charge in [-0.25, -0.2) is 9.37 Å². The first-order chi connectivity index (χ1) is 16.0. The molecule has 6 nitrogen and oxygen atoms in total. The van der Waals surface area contributed by atoms with Crippen molar-refractivity contribution in [2.45, 2.75) is 19.8 Å². The number of carbonyl (C=O) groups excluding carboxylic acids is 2. The zero-order valence-electron chi connectivity index (χ0n) is 19.1. The SMILES string of the molecule is CCCN1CCN(C(=O)c2cn(C)cn2)C[C@@H](Cc2ccc(-c3ccccc3F)cc2)C1=O. The van der Waals surface area contributed by atoms with Gasteiger partial charge in [0.25, 0.3) is 5.91 Å². The number of amides is 2. The van der Waals surface area contributed by atoms with E-state index in [0.717, 1.165) is 17.5 Å². The summed E-state index contributed by atoms with van der Waals surface area (Å²) in [6.45, 7) is 4.08. The smallest absolute Gasteiger partial charge is 0.274 e. The predicted octanol–water partition coefficient (Wildman–Crippen LogP) is 3.78. The maximum atomic E-state index is 14.1. The quantitative estimate of drug-likeness (QED) is 0.577. The van der Waals surface area contributed by atoms with Gasteiger partial charge in [0.05, 0.1) is 12.2 Å². The third-order valence-electron chi connectivity index (χ3n) is 6.07. The highest BCUT2D eigenvalue weighted by atomic mass is 19.1. The molecule has 0 radical (unpaired) electrons. The standard InChI is InChI=1S/C26H29FN4O2/c1-3-12-30-13-14-31(26(33)24-17-29(2)18-28-24)16-21(25(30)32)15-19-8-10-20(11-9-19)22-6-4-5-7-23(22)27/h4-11,17-18,21H,3,12-16H2,1-2H3/t21-/m1/s1. The fourth-order valence-electron chi connectivity index (χ4n) is 4.36. The number of benzene rings is 2. The molecule has 2 amide bonds. The van der Waals surface area contributed by atoms with Crippen molar-refractivity contribution in [3.63, 3.8) is 0 Å². The number of hydrogen-bond acceptors (Lipinski definition) is 3. The number of aryl methyl sites for hydroxylation is 1. The molecule has 0 saturated carbocycles. The predicted molar refractivity (Wildman–Crippen MR) is 125 cm³/mol. The summed E-state index contributed by atoms with van der Waals surface area (Å²) in [6.07, 6.45) is 4.69. The molecule has 33 heavy (non-hydrogen) atoms. The van der Waals surface area contributed by atoms with E-state index in [1.54, 1.807) is 34.1 Å². The monoisotopic (exact) mass is 448 g/mol. The van der Waals surface area contributed by atoms with Crippen LogP contribution in [-0.2, 0) is 18.3 Å². The molecule has 4 rings (SSSR count). The molecule has 2 heterocycles. The fourth-order valence-corrected chi connectivity index (χ4v) is 4.36. The molecule has 0 bridgehead atoms. The Kier molecular flexibility index (Phi) is 6.87. The van der Waals surface area contributed by atoms with E-state index in [2.05, 4.69) is 4.98 Å². The molecule has 0 unspecified atom stereocenters. The number of imidazole rings is 1. The van der Waals surface area contributed by atoms with E-state index in [0.29, 0.717) is 43.9 Å². The molecule has 172 valence electrons. The number of halogens is 1. The molecule has 3 aromatic rings. The normalized spacial score (nSPS) is 16.7. The van der Waals surface area contributed by atoms with Gasteiger partial charge in [-0.2, -0.15) is 0 Å². The first-order valence-corrected chi connectivity index (χ1v) is 11.4. The van der Waals surface area contributed by atoms with Crippen molar-refractivity contribution in [2.24, 2.45) is 13.0 Å². The summed E-state index contributed by atoms with van der Waals surface area (Å²) >= 11 is 0. The van der Waals surface area contributed by atoms with Crippen molar-refractivity contribution in [3.05, 3.63) is 78.1 Å². The molecular weight excluding hydrogens is 419 g/mol. The van der Waals surface area contributed by atoms with Gasteiger partial charge in [0.1, 0.15) is 11.5 Å². The van der Waals surface area contributed by atoms with E-state index in [9.17, 15) is 14.0 Å². The summed E-state index contributed by atoms with van der Waals surface area (Å²) in [5, 5.41) is 0. The van der Waals surface area contributed by atoms with Gasteiger partial charge >= 0.3 is 0 Å². The second-order valence-electron chi connectivity index (χ2n) is 8.58. The highest BCUT2D eigenvalue weighted by molar-refractivity contribution is 5.93. The molecule has 0 N–H and O–H groups in total. The first-order valence-electron chi connectivity index (χ1n) is 11.4. The molecule has 1 atom stereocenters. The Morgan fingerprint density at radius 2 is 1.88 bits per heavy atom. The Morgan fingerprint density at radius 3 is 2.55 bits per heavy atom. The lowest BCUT2D eigenvalue weighted by molar-refractivity contribution is -0.134. The molecular formula is C26H29FN4O2. The van der Waals surface area contributed by atoms with Crippen LogP contribution >= 0.6 is 0 Å². The molecule has 1 aliphatic heterocycles. The Morgan fingerprint density at radius 1 is 1.12 bits per heavy atom. The van der Waals surface area contributed by atoms with Crippen LogP contribution in [0.5, 0.6) is 0 Å². The van der Waals surface area contributed by atoms with Crippen LogP contribution in [0.2, 0.25) is 0 Å². The highest BCUT2D eigenvalue weighted by Gasteiger charge is 2.32. The summed E-state index contributed by atoms with van der Waals surface area (Å²) in [4.78, 5) is 34.2. The van der Waals surface area contributed by atoms with Gasteiger partial charge in [-0.3, -0.25) is 9.59 Å².